The lowest BCUT2D eigenvalue weighted by Gasteiger charge is -2.23. The predicted octanol–water partition coefficient (Wildman–Crippen LogP) is 0.576. The summed E-state index contributed by atoms with van der Waals surface area (Å²) in [6, 6.07) is 0. The van der Waals surface area contributed by atoms with Gasteiger partial charge in [0, 0.05) is 26.2 Å². The van der Waals surface area contributed by atoms with E-state index in [1.807, 2.05) is 0 Å². The molecule has 15 heavy (non-hydrogen) atoms. The molecule has 0 aromatic rings. The van der Waals surface area contributed by atoms with Gasteiger partial charge in [-0.25, -0.2) is 0 Å². The number of nitrogens with zero attached hydrogens (tertiary/aromatic N) is 3. The number of hydrogen-bond acceptors (Lipinski definition) is 3. The van der Waals surface area contributed by atoms with E-state index in [-0.39, 0.29) is 0 Å². The Kier molecular flexibility index (Phi) is 4.00. The zero-order valence-electron chi connectivity index (χ0n) is 10.3. The Balaban J connectivity index is 1.74. The molecule has 0 aromatic carbocycles. The molecule has 0 saturated carbocycles. The first-order chi connectivity index (χ1) is 7.24. The van der Waals surface area contributed by atoms with E-state index in [4.69, 9.17) is 0 Å². The summed E-state index contributed by atoms with van der Waals surface area (Å²) in [4.78, 5) is 7.60. The molecule has 88 valence electrons. The Labute approximate surface area is 94.0 Å². The number of rotatable bonds is 2. The maximum Gasteiger partial charge on any atom is 0.0109 e. The molecule has 3 heteroatoms. The summed E-state index contributed by atoms with van der Waals surface area (Å²) in [5, 5.41) is 0. The first kappa shape index (κ1) is 11.4. The first-order valence-corrected chi connectivity index (χ1v) is 6.33. The van der Waals surface area contributed by atoms with Gasteiger partial charge in [-0.3, -0.25) is 0 Å². The van der Waals surface area contributed by atoms with E-state index < -0.39 is 0 Å². The van der Waals surface area contributed by atoms with Crippen molar-refractivity contribution < 1.29 is 0 Å². The Bertz CT molecular complexity index is 195. The number of likely N-dealkylation sites (N-methyl/N-ethyl adjacent to an activating group) is 1. The Morgan fingerprint density at radius 3 is 2.53 bits per heavy atom. The number of likely N-dealkylation sites (tertiary alicyclic amines) is 1. The summed E-state index contributed by atoms with van der Waals surface area (Å²) < 4.78 is 0. The van der Waals surface area contributed by atoms with Crippen molar-refractivity contribution in [2.75, 3.05) is 59.9 Å². The molecule has 0 amide bonds. The van der Waals surface area contributed by atoms with Gasteiger partial charge < -0.3 is 14.7 Å². The van der Waals surface area contributed by atoms with Crippen molar-refractivity contribution in [3.63, 3.8) is 0 Å². The lowest BCUT2D eigenvalue weighted by molar-refractivity contribution is 0.235. The molecule has 0 aliphatic carbocycles. The topological polar surface area (TPSA) is 9.72 Å². The SMILES string of the molecule is CN1CCCN(CC2CCN(C)C2)CC1. The molecule has 1 atom stereocenters. The summed E-state index contributed by atoms with van der Waals surface area (Å²) in [6.45, 7) is 9.06. The standard InChI is InChI=1S/C12H25N3/c1-13-5-3-6-15(9-8-13)11-12-4-7-14(2)10-12/h12H,3-11H2,1-2H3. The zero-order chi connectivity index (χ0) is 10.7. The average Bonchev–Trinajstić information content (AvgIpc) is 2.48. The Hall–Kier alpha value is -0.120. The molecule has 0 aromatic heterocycles. The van der Waals surface area contributed by atoms with Crippen LogP contribution in [0.15, 0.2) is 0 Å². The van der Waals surface area contributed by atoms with Crippen LogP contribution in [0.5, 0.6) is 0 Å². The lowest BCUT2D eigenvalue weighted by Crippen LogP contribution is -2.33. The predicted molar refractivity (Wildman–Crippen MR) is 64.2 cm³/mol. The number of hydrogen-bond donors (Lipinski definition) is 0. The zero-order valence-corrected chi connectivity index (χ0v) is 10.3. The fraction of sp³-hybridized carbons (Fsp3) is 1.00. The summed E-state index contributed by atoms with van der Waals surface area (Å²) in [5.74, 6) is 0.929. The highest BCUT2D eigenvalue weighted by Gasteiger charge is 2.22. The van der Waals surface area contributed by atoms with Crippen LogP contribution in [0.3, 0.4) is 0 Å². The second-order valence-electron chi connectivity index (χ2n) is 5.37. The fourth-order valence-electron chi connectivity index (χ4n) is 2.82. The van der Waals surface area contributed by atoms with Crippen LogP contribution in [0.4, 0.5) is 0 Å². The second-order valence-corrected chi connectivity index (χ2v) is 5.37. The van der Waals surface area contributed by atoms with Crippen LogP contribution in [-0.2, 0) is 0 Å². The van der Waals surface area contributed by atoms with Crippen molar-refractivity contribution >= 4 is 0 Å². The van der Waals surface area contributed by atoms with Gasteiger partial charge in [0.05, 0.1) is 0 Å². The van der Waals surface area contributed by atoms with Gasteiger partial charge in [0.1, 0.15) is 0 Å². The highest BCUT2D eigenvalue weighted by molar-refractivity contribution is 4.77. The third kappa shape index (κ3) is 3.44. The van der Waals surface area contributed by atoms with Crippen molar-refractivity contribution in [1.82, 2.24) is 14.7 Å². The maximum absolute atomic E-state index is 2.67. The fourth-order valence-corrected chi connectivity index (χ4v) is 2.82. The minimum Gasteiger partial charge on any atom is -0.306 e. The van der Waals surface area contributed by atoms with Crippen LogP contribution in [0.25, 0.3) is 0 Å². The van der Waals surface area contributed by atoms with E-state index in [2.05, 4.69) is 28.8 Å². The summed E-state index contributed by atoms with van der Waals surface area (Å²) in [5.41, 5.74) is 0. The van der Waals surface area contributed by atoms with Gasteiger partial charge >= 0.3 is 0 Å². The Morgan fingerprint density at radius 1 is 0.933 bits per heavy atom. The minimum atomic E-state index is 0.929. The van der Waals surface area contributed by atoms with Crippen molar-refractivity contribution in [2.45, 2.75) is 12.8 Å². The third-order valence-corrected chi connectivity index (χ3v) is 3.82. The quantitative estimate of drug-likeness (QED) is 0.661. The van der Waals surface area contributed by atoms with E-state index in [1.54, 1.807) is 0 Å². The van der Waals surface area contributed by atoms with Gasteiger partial charge in [0.2, 0.25) is 0 Å². The smallest absolute Gasteiger partial charge is 0.0109 e. The van der Waals surface area contributed by atoms with Gasteiger partial charge in [0.15, 0.2) is 0 Å². The molecule has 1 unspecified atom stereocenters. The molecule has 0 radical (unpaired) electrons. The van der Waals surface area contributed by atoms with Crippen LogP contribution in [-0.4, -0.2) is 74.6 Å². The van der Waals surface area contributed by atoms with Crippen molar-refractivity contribution in [1.29, 1.82) is 0 Å². The monoisotopic (exact) mass is 211 g/mol. The van der Waals surface area contributed by atoms with E-state index in [0.717, 1.165) is 5.92 Å². The van der Waals surface area contributed by atoms with Crippen LogP contribution in [0.2, 0.25) is 0 Å². The average molecular weight is 211 g/mol. The van der Waals surface area contributed by atoms with E-state index in [1.165, 1.54) is 58.7 Å². The lowest BCUT2D eigenvalue weighted by atomic mass is 10.1. The summed E-state index contributed by atoms with van der Waals surface area (Å²) in [7, 11) is 4.49. The molecule has 2 heterocycles. The highest BCUT2D eigenvalue weighted by atomic mass is 15.2. The maximum atomic E-state index is 2.67. The molecular weight excluding hydrogens is 186 g/mol. The highest BCUT2D eigenvalue weighted by Crippen LogP contribution is 2.16. The van der Waals surface area contributed by atoms with Crippen molar-refractivity contribution in [3.8, 4) is 0 Å². The molecule has 2 aliphatic rings. The molecule has 2 aliphatic heterocycles. The molecule has 0 spiro atoms. The summed E-state index contributed by atoms with van der Waals surface area (Å²) in [6.07, 6.45) is 2.75. The van der Waals surface area contributed by atoms with E-state index in [9.17, 15) is 0 Å². The van der Waals surface area contributed by atoms with Gasteiger partial charge in [-0.05, 0) is 52.5 Å². The van der Waals surface area contributed by atoms with Crippen molar-refractivity contribution in [2.24, 2.45) is 5.92 Å². The van der Waals surface area contributed by atoms with E-state index >= 15 is 0 Å². The second kappa shape index (κ2) is 5.28. The van der Waals surface area contributed by atoms with Gasteiger partial charge in [-0.2, -0.15) is 0 Å². The van der Waals surface area contributed by atoms with E-state index in [0.29, 0.717) is 0 Å². The van der Waals surface area contributed by atoms with Crippen LogP contribution < -0.4 is 0 Å². The Morgan fingerprint density at radius 2 is 1.80 bits per heavy atom. The first-order valence-electron chi connectivity index (χ1n) is 6.33. The normalized spacial score (nSPS) is 32.0. The molecular formula is C12H25N3. The van der Waals surface area contributed by atoms with Crippen LogP contribution in [0.1, 0.15) is 12.8 Å². The van der Waals surface area contributed by atoms with Crippen LogP contribution >= 0.6 is 0 Å². The largest absolute Gasteiger partial charge is 0.306 e. The molecule has 2 rings (SSSR count). The molecule has 0 N–H and O–H groups in total. The summed E-state index contributed by atoms with van der Waals surface area (Å²) >= 11 is 0. The molecule has 2 saturated heterocycles. The molecule has 3 nitrogen and oxygen atoms in total. The van der Waals surface area contributed by atoms with Gasteiger partial charge in [0.25, 0.3) is 0 Å². The van der Waals surface area contributed by atoms with Gasteiger partial charge in [-0.1, -0.05) is 0 Å². The molecule has 2 fully saturated rings. The minimum absolute atomic E-state index is 0.929. The van der Waals surface area contributed by atoms with Crippen molar-refractivity contribution in [3.05, 3.63) is 0 Å². The molecule has 0 bridgehead atoms. The third-order valence-electron chi connectivity index (χ3n) is 3.82. The van der Waals surface area contributed by atoms with Gasteiger partial charge in [-0.15, -0.1) is 0 Å². The van der Waals surface area contributed by atoms with Crippen LogP contribution in [0, 0.1) is 5.92 Å².